The minimum Gasteiger partial charge on any atom is -0.399 e. The van der Waals surface area contributed by atoms with Crippen molar-refractivity contribution in [2.24, 2.45) is 0 Å². The van der Waals surface area contributed by atoms with Gasteiger partial charge in [-0.3, -0.25) is 5.10 Å². The van der Waals surface area contributed by atoms with Crippen LogP contribution in [-0.2, 0) is 10.0 Å². The summed E-state index contributed by atoms with van der Waals surface area (Å²) >= 11 is 0. The van der Waals surface area contributed by atoms with Gasteiger partial charge >= 0.3 is 0 Å². The average Bonchev–Trinajstić information content (AvgIpc) is 2.86. The Hall–Kier alpha value is -1.93. The Kier molecular flexibility index (Phi) is 3.78. The fraction of sp³-hybridized carbons (Fsp3) is 0.250. The number of hydrogen-bond acceptors (Lipinski definition) is 4. The van der Waals surface area contributed by atoms with Crippen LogP contribution in [0.25, 0.3) is 0 Å². The van der Waals surface area contributed by atoms with E-state index in [0.717, 1.165) is 6.07 Å². The number of nitrogen functional groups attached to an aromatic ring is 1. The molecule has 0 saturated carbocycles. The minimum atomic E-state index is -3.87. The van der Waals surface area contributed by atoms with Gasteiger partial charge in [-0.15, -0.1) is 0 Å². The predicted octanol–water partition coefficient (Wildman–Crippen LogP) is 1.48. The second-order valence-corrected chi connectivity index (χ2v) is 6.18. The molecule has 4 N–H and O–H groups in total. The molecule has 1 unspecified atom stereocenters. The molecule has 0 spiro atoms. The summed E-state index contributed by atoms with van der Waals surface area (Å²) in [5.41, 5.74) is 6.27. The number of hydrogen-bond donors (Lipinski definition) is 3. The summed E-state index contributed by atoms with van der Waals surface area (Å²) in [6.07, 6.45) is 3.10. The van der Waals surface area contributed by atoms with Gasteiger partial charge in [0.1, 0.15) is 5.82 Å². The van der Waals surface area contributed by atoms with Crippen molar-refractivity contribution in [2.75, 3.05) is 5.73 Å². The highest BCUT2D eigenvalue weighted by Crippen LogP contribution is 2.23. The number of rotatable bonds is 4. The zero-order valence-corrected chi connectivity index (χ0v) is 11.8. The Morgan fingerprint density at radius 1 is 1.45 bits per heavy atom. The van der Waals surface area contributed by atoms with E-state index in [1.807, 2.05) is 0 Å². The maximum atomic E-state index is 13.6. The molecule has 1 heterocycles. The fourth-order valence-electron chi connectivity index (χ4n) is 1.81. The normalized spacial score (nSPS) is 13.3. The Bertz CT molecular complexity index is 713. The molecular weight excluding hydrogens is 283 g/mol. The van der Waals surface area contributed by atoms with Gasteiger partial charge in [-0.05, 0) is 26.0 Å². The third-order valence-electron chi connectivity index (χ3n) is 2.96. The lowest BCUT2D eigenvalue weighted by atomic mass is 10.2. The SMILES string of the molecule is Cc1c(F)cc(N)cc1S(=O)(=O)NC(C)c1cn[nH]c1. The van der Waals surface area contributed by atoms with Gasteiger partial charge in [0.2, 0.25) is 10.0 Å². The quantitative estimate of drug-likeness (QED) is 0.744. The van der Waals surface area contributed by atoms with Crippen LogP contribution in [0.5, 0.6) is 0 Å². The molecule has 0 aliphatic carbocycles. The number of nitrogens with one attached hydrogen (secondary N) is 2. The van der Waals surface area contributed by atoms with Crippen LogP contribution >= 0.6 is 0 Å². The van der Waals surface area contributed by atoms with Gasteiger partial charge in [-0.1, -0.05) is 0 Å². The maximum absolute atomic E-state index is 13.6. The number of sulfonamides is 1. The van der Waals surface area contributed by atoms with Crippen LogP contribution in [0.1, 0.15) is 24.1 Å². The van der Waals surface area contributed by atoms with E-state index in [4.69, 9.17) is 5.73 Å². The summed E-state index contributed by atoms with van der Waals surface area (Å²) in [5.74, 6) is -0.652. The molecule has 0 aliphatic rings. The zero-order chi connectivity index (χ0) is 14.9. The second kappa shape index (κ2) is 5.22. The molecule has 0 bridgehead atoms. The van der Waals surface area contributed by atoms with Crippen molar-refractivity contribution in [1.29, 1.82) is 0 Å². The number of nitrogens with zero attached hydrogens (tertiary/aromatic N) is 1. The first-order valence-electron chi connectivity index (χ1n) is 5.88. The highest BCUT2D eigenvalue weighted by Gasteiger charge is 2.22. The molecule has 2 rings (SSSR count). The van der Waals surface area contributed by atoms with Crippen molar-refractivity contribution in [3.63, 3.8) is 0 Å². The van der Waals surface area contributed by atoms with Crippen molar-refractivity contribution >= 4 is 15.7 Å². The average molecular weight is 298 g/mol. The summed E-state index contributed by atoms with van der Waals surface area (Å²) in [6.45, 7) is 3.06. The van der Waals surface area contributed by atoms with E-state index >= 15 is 0 Å². The molecule has 0 saturated heterocycles. The molecule has 1 aromatic heterocycles. The Morgan fingerprint density at radius 2 is 2.15 bits per heavy atom. The molecule has 2 aromatic rings. The van der Waals surface area contributed by atoms with Crippen molar-refractivity contribution < 1.29 is 12.8 Å². The molecule has 8 heteroatoms. The van der Waals surface area contributed by atoms with E-state index in [9.17, 15) is 12.8 Å². The van der Waals surface area contributed by atoms with E-state index in [1.165, 1.54) is 19.2 Å². The van der Waals surface area contributed by atoms with Gasteiger partial charge in [0.15, 0.2) is 0 Å². The third kappa shape index (κ3) is 2.81. The van der Waals surface area contributed by atoms with Crippen molar-refractivity contribution in [3.05, 3.63) is 41.5 Å². The molecule has 0 aliphatic heterocycles. The molecule has 1 aromatic carbocycles. The number of nitrogens with two attached hydrogens (primary N) is 1. The van der Waals surface area contributed by atoms with Crippen molar-refractivity contribution in [3.8, 4) is 0 Å². The lowest BCUT2D eigenvalue weighted by molar-refractivity contribution is 0.562. The maximum Gasteiger partial charge on any atom is 0.241 e. The number of benzene rings is 1. The molecule has 0 radical (unpaired) electrons. The molecule has 6 nitrogen and oxygen atoms in total. The topological polar surface area (TPSA) is 101 Å². The monoisotopic (exact) mass is 298 g/mol. The van der Waals surface area contributed by atoms with Crippen molar-refractivity contribution in [2.45, 2.75) is 24.8 Å². The molecule has 1 atom stereocenters. The highest BCUT2D eigenvalue weighted by molar-refractivity contribution is 7.89. The van der Waals surface area contributed by atoms with Crippen LogP contribution in [0.4, 0.5) is 10.1 Å². The smallest absolute Gasteiger partial charge is 0.241 e. The minimum absolute atomic E-state index is 0.0334. The van der Waals surface area contributed by atoms with E-state index in [2.05, 4.69) is 14.9 Å². The number of aromatic nitrogens is 2. The van der Waals surface area contributed by atoms with Gasteiger partial charge in [-0.2, -0.15) is 5.10 Å². The van der Waals surface area contributed by atoms with Crippen molar-refractivity contribution in [1.82, 2.24) is 14.9 Å². The Morgan fingerprint density at radius 3 is 2.75 bits per heavy atom. The standard InChI is InChI=1S/C12H15FN4O2S/c1-7-11(13)3-10(14)4-12(7)20(18,19)17-8(2)9-5-15-16-6-9/h3-6,8,17H,14H2,1-2H3,(H,15,16). The fourth-order valence-corrected chi connectivity index (χ4v) is 3.33. The predicted molar refractivity (Wildman–Crippen MR) is 72.9 cm³/mol. The summed E-state index contributed by atoms with van der Waals surface area (Å²) in [5, 5.41) is 6.35. The third-order valence-corrected chi connectivity index (χ3v) is 4.63. The van der Waals surface area contributed by atoms with Crippen LogP contribution in [0.15, 0.2) is 29.4 Å². The molecule has 20 heavy (non-hydrogen) atoms. The summed E-state index contributed by atoms with van der Waals surface area (Å²) in [6, 6.07) is 1.83. The molecule has 108 valence electrons. The number of H-pyrrole nitrogens is 1. The van der Waals surface area contributed by atoms with Gasteiger partial charge in [0, 0.05) is 29.1 Å². The summed E-state index contributed by atoms with van der Waals surface area (Å²) in [4.78, 5) is -0.162. The largest absolute Gasteiger partial charge is 0.399 e. The lowest BCUT2D eigenvalue weighted by Crippen LogP contribution is -2.27. The van der Waals surface area contributed by atoms with Gasteiger partial charge in [-0.25, -0.2) is 17.5 Å². The first-order valence-corrected chi connectivity index (χ1v) is 7.36. The zero-order valence-electron chi connectivity index (χ0n) is 11.0. The Labute approximate surface area is 116 Å². The first kappa shape index (κ1) is 14.5. The van der Waals surface area contributed by atoms with Gasteiger partial charge in [0.25, 0.3) is 0 Å². The van der Waals surface area contributed by atoms with Crippen LogP contribution < -0.4 is 10.5 Å². The van der Waals surface area contributed by atoms with Crippen LogP contribution in [0.2, 0.25) is 0 Å². The second-order valence-electron chi connectivity index (χ2n) is 4.50. The van der Waals surface area contributed by atoms with Crippen LogP contribution in [0.3, 0.4) is 0 Å². The summed E-state index contributed by atoms with van der Waals surface area (Å²) in [7, 11) is -3.87. The van der Waals surface area contributed by atoms with Gasteiger partial charge < -0.3 is 5.73 Å². The highest BCUT2D eigenvalue weighted by atomic mass is 32.2. The Balaban J connectivity index is 2.36. The summed E-state index contributed by atoms with van der Waals surface area (Å²) < 4.78 is 40.7. The first-order chi connectivity index (χ1) is 9.31. The van der Waals surface area contributed by atoms with E-state index < -0.39 is 21.9 Å². The number of aromatic amines is 1. The van der Waals surface area contributed by atoms with Crippen LogP contribution in [0, 0.1) is 12.7 Å². The number of halogens is 1. The number of anilines is 1. The molecule has 0 amide bonds. The van der Waals surface area contributed by atoms with E-state index in [-0.39, 0.29) is 16.1 Å². The molecular formula is C12H15FN4O2S. The lowest BCUT2D eigenvalue weighted by Gasteiger charge is -2.15. The van der Waals surface area contributed by atoms with E-state index in [0.29, 0.717) is 5.56 Å². The van der Waals surface area contributed by atoms with Crippen LogP contribution in [-0.4, -0.2) is 18.6 Å². The molecule has 0 fully saturated rings. The van der Waals surface area contributed by atoms with Gasteiger partial charge in [0.05, 0.1) is 11.1 Å². The van der Waals surface area contributed by atoms with E-state index in [1.54, 1.807) is 13.1 Å².